The second-order valence-electron chi connectivity index (χ2n) is 3.34. The van der Waals surface area contributed by atoms with Crippen LogP contribution in [0.15, 0.2) is 23.1 Å². The number of halogens is 3. The number of carbonyl (C=O) groups is 1. The van der Waals surface area contributed by atoms with Crippen molar-refractivity contribution in [3.05, 3.63) is 23.8 Å². The summed E-state index contributed by atoms with van der Waals surface area (Å²) in [7, 11) is 0. The third-order valence-corrected chi connectivity index (χ3v) is 2.38. The molecule has 1 aromatic rings. The maximum absolute atomic E-state index is 12.1. The molecule has 6 heteroatoms. The van der Waals surface area contributed by atoms with Crippen molar-refractivity contribution in [1.82, 2.24) is 0 Å². The minimum atomic E-state index is -4.35. The van der Waals surface area contributed by atoms with Crippen LogP contribution in [0.3, 0.4) is 0 Å². The van der Waals surface area contributed by atoms with E-state index in [1.807, 2.05) is 0 Å². The van der Waals surface area contributed by atoms with Crippen molar-refractivity contribution < 1.29 is 18.0 Å². The van der Waals surface area contributed by atoms with Gasteiger partial charge in [-0.1, -0.05) is 0 Å². The van der Waals surface area contributed by atoms with Gasteiger partial charge in [-0.2, -0.15) is 13.2 Å². The Morgan fingerprint density at radius 2 is 2.00 bits per heavy atom. The highest BCUT2D eigenvalue weighted by atomic mass is 32.2. The Bertz CT molecular complexity index is 404. The van der Waals surface area contributed by atoms with E-state index in [0.717, 1.165) is 0 Å². The van der Waals surface area contributed by atoms with Crippen LogP contribution in [-0.4, -0.2) is 11.3 Å². The fourth-order valence-electron chi connectivity index (χ4n) is 1.27. The van der Waals surface area contributed by atoms with Gasteiger partial charge < -0.3 is 5.73 Å². The van der Waals surface area contributed by atoms with Crippen molar-refractivity contribution in [2.24, 2.45) is 0 Å². The first kappa shape index (κ1) is 12.9. The van der Waals surface area contributed by atoms with Gasteiger partial charge in [0, 0.05) is 17.0 Å². The van der Waals surface area contributed by atoms with E-state index in [1.165, 1.54) is 25.1 Å². The molecule has 16 heavy (non-hydrogen) atoms. The van der Waals surface area contributed by atoms with Crippen LogP contribution < -0.4 is 5.73 Å². The molecule has 0 unspecified atom stereocenters. The highest BCUT2D eigenvalue weighted by Gasteiger charge is 2.29. The summed E-state index contributed by atoms with van der Waals surface area (Å²) in [4.78, 5) is 10.9. The topological polar surface area (TPSA) is 43.1 Å². The summed E-state index contributed by atoms with van der Waals surface area (Å²) in [6, 6.07) is 4.07. The van der Waals surface area contributed by atoms with Gasteiger partial charge in [0.05, 0.1) is 0 Å². The average molecular weight is 249 g/mol. The van der Waals surface area contributed by atoms with Gasteiger partial charge in [-0.25, -0.2) is 0 Å². The maximum Gasteiger partial charge on any atom is 0.446 e. The predicted molar refractivity (Wildman–Crippen MR) is 57.2 cm³/mol. The SMILES string of the molecule is CC(=O)Cc1cc(N)cc(SC(F)(F)F)c1. The molecule has 0 aliphatic rings. The Morgan fingerprint density at radius 3 is 2.50 bits per heavy atom. The fraction of sp³-hybridized carbons (Fsp3) is 0.300. The van der Waals surface area contributed by atoms with Gasteiger partial charge in [0.2, 0.25) is 0 Å². The van der Waals surface area contributed by atoms with E-state index in [1.54, 1.807) is 0 Å². The molecule has 0 saturated carbocycles. The Morgan fingerprint density at radius 1 is 1.38 bits per heavy atom. The van der Waals surface area contributed by atoms with Crippen LogP contribution in [0.4, 0.5) is 18.9 Å². The standard InChI is InChI=1S/C10H10F3NOS/c1-6(15)2-7-3-8(14)5-9(4-7)16-10(11,12)13/h3-5H,2,14H2,1H3. The number of nitrogen functional groups attached to an aromatic ring is 1. The summed E-state index contributed by atoms with van der Waals surface area (Å²) >= 11 is -0.235. The normalized spacial score (nSPS) is 11.5. The first-order valence-corrected chi connectivity index (χ1v) is 5.22. The van der Waals surface area contributed by atoms with E-state index in [9.17, 15) is 18.0 Å². The number of nitrogens with two attached hydrogens (primary N) is 1. The third-order valence-electron chi connectivity index (χ3n) is 1.68. The quantitative estimate of drug-likeness (QED) is 0.661. The average Bonchev–Trinajstić information content (AvgIpc) is 1.96. The van der Waals surface area contributed by atoms with Crippen molar-refractivity contribution in [1.29, 1.82) is 0 Å². The van der Waals surface area contributed by atoms with Crippen LogP contribution in [0, 0.1) is 0 Å². The number of anilines is 1. The zero-order valence-electron chi connectivity index (χ0n) is 8.47. The molecule has 0 heterocycles. The van der Waals surface area contributed by atoms with Crippen molar-refractivity contribution in [3.63, 3.8) is 0 Å². The van der Waals surface area contributed by atoms with Crippen LogP contribution >= 0.6 is 11.8 Å². The molecule has 0 atom stereocenters. The van der Waals surface area contributed by atoms with Gasteiger partial charge in [-0.05, 0) is 42.4 Å². The van der Waals surface area contributed by atoms with E-state index >= 15 is 0 Å². The summed E-state index contributed by atoms with van der Waals surface area (Å²) in [6.07, 6.45) is 0.0937. The van der Waals surface area contributed by atoms with Gasteiger partial charge in [0.25, 0.3) is 0 Å². The van der Waals surface area contributed by atoms with E-state index in [0.29, 0.717) is 5.56 Å². The molecule has 2 nitrogen and oxygen atoms in total. The molecule has 0 aliphatic heterocycles. The molecule has 0 bridgehead atoms. The first-order chi connectivity index (χ1) is 7.26. The zero-order valence-corrected chi connectivity index (χ0v) is 9.28. The lowest BCUT2D eigenvalue weighted by Crippen LogP contribution is -2.02. The Hall–Kier alpha value is -1.17. The monoisotopic (exact) mass is 249 g/mol. The van der Waals surface area contributed by atoms with Gasteiger partial charge in [-0.3, -0.25) is 4.79 Å². The molecule has 0 amide bonds. The smallest absolute Gasteiger partial charge is 0.399 e. The van der Waals surface area contributed by atoms with Crippen LogP contribution in [0.2, 0.25) is 0 Å². The predicted octanol–water partition coefficient (Wildman–Crippen LogP) is 3.01. The van der Waals surface area contributed by atoms with Crippen molar-refractivity contribution in [2.75, 3.05) is 5.73 Å². The summed E-state index contributed by atoms with van der Waals surface area (Å²) in [5.74, 6) is -0.117. The van der Waals surface area contributed by atoms with Crippen LogP contribution in [0.5, 0.6) is 0 Å². The van der Waals surface area contributed by atoms with Gasteiger partial charge in [-0.15, -0.1) is 0 Å². The minimum Gasteiger partial charge on any atom is -0.399 e. The summed E-state index contributed by atoms with van der Waals surface area (Å²) < 4.78 is 36.4. The van der Waals surface area contributed by atoms with Crippen LogP contribution in [-0.2, 0) is 11.2 Å². The van der Waals surface area contributed by atoms with Gasteiger partial charge in [0.15, 0.2) is 0 Å². The Balaban J connectivity index is 2.94. The Labute approximate surface area is 95.0 Å². The summed E-state index contributed by atoms with van der Waals surface area (Å²) in [5, 5.41) is 0. The number of alkyl halides is 3. The molecule has 0 aliphatic carbocycles. The van der Waals surface area contributed by atoms with Crippen LogP contribution in [0.25, 0.3) is 0 Å². The molecule has 0 aromatic heterocycles. The Kier molecular flexibility index (Phi) is 3.85. The number of ketones is 1. The number of carbonyl (C=O) groups excluding carboxylic acids is 1. The van der Waals surface area contributed by atoms with E-state index in [4.69, 9.17) is 5.73 Å². The van der Waals surface area contributed by atoms with Crippen molar-refractivity contribution in [3.8, 4) is 0 Å². The van der Waals surface area contributed by atoms with E-state index in [-0.39, 0.29) is 34.5 Å². The zero-order chi connectivity index (χ0) is 12.3. The largest absolute Gasteiger partial charge is 0.446 e. The highest BCUT2D eigenvalue weighted by Crippen LogP contribution is 2.37. The van der Waals surface area contributed by atoms with Crippen molar-refractivity contribution >= 4 is 23.2 Å². The highest BCUT2D eigenvalue weighted by molar-refractivity contribution is 8.00. The molecule has 2 N–H and O–H groups in total. The fourth-order valence-corrected chi connectivity index (χ4v) is 1.94. The minimum absolute atomic E-state index is 0.00347. The van der Waals surface area contributed by atoms with Gasteiger partial charge in [0.1, 0.15) is 5.78 Å². The van der Waals surface area contributed by atoms with E-state index in [2.05, 4.69) is 0 Å². The number of hydrogen-bond donors (Lipinski definition) is 1. The molecule has 0 radical (unpaired) electrons. The summed E-state index contributed by atoms with van der Waals surface area (Å²) in [5.41, 5.74) is 1.84. The second-order valence-corrected chi connectivity index (χ2v) is 4.48. The molecule has 0 fully saturated rings. The molecule has 1 aromatic carbocycles. The third kappa shape index (κ3) is 4.57. The maximum atomic E-state index is 12.1. The first-order valence-electron chi connectivity index (χ1n) is 4.41. The second kappa shape index (κ2) is 4.78. The van der Waals surface area contributed by atoms with Crippen LogP contribution in [0.1, 0.15) is 12.5 Å². The number of benzene rings is 1. The van der Waals surface area contributed by atoms with E-state index < -0.39 is 5.51 Å². The number of Topliss-reactive ketones (excluding diaryl/α,β-unsaturated/α-hetero) is 1. The van der Waals surface area contributed by atoms with Crippen molar-refractivity contribution in [2.45, 2.75) is 23.7 Å². The lowest BCUT2D eigenvalue weighted by molar-refractivity contribution is -0.116. The molecular formula is C10H10F3NOS. The lowest BCUT2D eigenvalue weighted by atomic mass is 10.1. The molecule has 88 valence electrons. The summed E-state index contributed by atoms with van der Waals surface area (Å²) in [6.45, 7) is 1.37. The lowest BCUT2D eigenvalue weighted by Gasteiger charge is -2.08. The number of hydrogen-bond acceptors (Lipinski definition) is 3. The molecular weight excluding hydrogens is 239 g/mol. The molecule has 0 saturated heterocycles. The van der Waals surface area contributed by atoms with Gasteiger partial charge >= 0.3 is 5.51 Å². The molecule has 0 spiro atoms. The molecule has 1 rings (SSSR count). The number of rotatable bonds is 3. The number of thioether (sulfide) groups is 1.